The number of urea groups is 1. The lowest BCUT2D eigenvalue weighted by molar-refractivity contribution is -0.122. The van der Waals surface area contributed by atoms with Gasteiger partial charge in [0.15, 0.2) is 18.1 Å². The molecule has 0 radical (unpaired) electrons. The summed E-state index contributed by atoms with van der Waals surface area (Å²) in [6, 6.07) is 14.3. The Morgan fingerprint density at radius 2 is 1.79 bits per heavy atom. The highest BCUT2D eigenvalue weighted by Gasteiger charge is 2.37. The van der Waals surface area contributed by atoms with Crippen LogP contribution in [0.25, 0.3) is 6.08 Å². The number of nitrogens with zero attached hydrogens (tertiary/aromatic N) is 1. The second-order valence-corrected chi connectivity index (χ2v) is 10.9. The van der Waals surface area contributed by atoms with Crippen LogP contribution in [-0.4, -0.2) is 44.1 Å². The summed E-state index contributed by atoms with van der Waals surface area (Å²) in [5, 5.41) is 5.00. The second-order valence-electron chi connectivity index (χ2n) is 9.10. The molecule has 218 valence electrons. The van der Waals surface area contributed by atoms with Crippen LogP contribution in [0.2, 0.25) is 0 Å². The second kappa shape index (κ2) is 13.7. The van der Waals surface area contributed by atoms with E-state index in [9.17, 15) is 19.2 Å². The summed E-state index contributed by atoms with van der Waals surface area (Å²) in [7, 11) is 1.44. The van der Waals surface area contributed by atoms with Crippen molar-refractivity contribution < 1.29 is 33.4 Å². The molecule has 1 heterocycles. The highest BCUT2D eigenvalue weighted by Crippen LogP contribution is 2.36. The number of anilines is 2. The molecule has 0 aromatic heterocycles. The molecule has 0 saturated carbocycles. The number of ether oxygens (including phenoxy) is 3. The van der Waals surface area contributed by atoms with E-state index >= 15 is 0 Å². The lowest BCUT2D eigenvalue weighted by atomic mass is 10.1. The number of hydrogen-bond donors (Lipinski definition) is 2. The van der Waals surface area contributed by atoms with Gasteiger partial charge in [0.25, 0.3) is 17.7 Å². The number of barbiturate groups is 1. The lowest BCUT2D eigenvalue weighted by Crippen LogP contribution is -2.54. The Morgan fingerprint density at radius 3 is 2.50 bits per heavy atom. The molecular formula is C30H27Br2N3O7. The minimum Gasteiger partial charge on any atom is -0.493 e. The summed E-state index contributed by atoms with van der Waals surface area (Å²) in [5.74, 6) is -1.15. The van der Waals surface area contributed by atoms with Crippen LogP contribution in [0.3, 0.4) is 0 Å². The van der Waals surface area contributed by atoms with E-state index < -0.39 is 23.8 Å². The standard InChI is InChI=1S/C30H27Br2N3O7/c1-4-11-41-24-10-9-20(15-25(24)40-3)35-29(38)21(28(37)34-30(35)39)13-18-12-19(31)14-22(32)27(18)42-16-26(36)33-23-8-6-5-7-17(23)2/h5-10,12-15H,4,11,16H2,1-3H3,(H,33,36)(H,34,37,39)/b21-13-. The molecule has 42 heavy (non-hydrogen) atoms. The van der Waals surface area contributed by atoms with Crippen molar-refractivity contribution in [3.8, 4) is 17.2 Å². The average molecular weight is 701 g/mol. The van der Waals surface area contributed by atoms with Crippen molar-refractivity contribution in [2.45, 2.75) is 20.3 Å². The highest BCUT2D eigenvalue weighted by molar-refractivity contribution is 9.11. The van der Waals surface area contributed by atoms with Crippen molar-refractivity contribution in [1.29, 1.82) is 0 Å². The minimum atomic E-state index is -0.911. The lowest BCUT2D eigenvalue weighted by Gasteiger charge is -2.27. The van der Waals surface area contributed by atoms with Gasteiger partial charge in [-0.3, -0.25) is 19.7 Å². The van der Waals surface area contributed by atoms with Gasteiger partial charge < -0.3 is 19.5 Å². The zero-order chi connectivity index (χ0) is 30.4. The fourth-order valence-electron chi connectivity index (χ4n) is 4.05. The van der Waals surface area contributed by atoms with Crippen LogP contribution in [-0.2, 0) is 14.4 Å². The number of carbonyl (C=O) groups is 4. The smallest absolute Gasteiger partial charge is 0.335 e. The van der Waals surface area contributed by atoms with Gasteiger partial charge >= 0.3 is 6.03 Å². The fourth-order valence-corrected chi connectivity index (χ4v) is 5.42. The summed E-state index contributed by atoms with van der Waals surface area (Å²) in [5.41, 5.74) is 1.71. The first-order valence-corrected chi connectivity index (χ1v) is 14.4. The molecule has 10 nitrogen and oxygen atoms in total. The first kappa shape index (κ1) is 30.8. The highest BCUT2D eigenvalue weighted by atomic mass is 79.9. The van der Waals surface area contributed by atoms with Crippen molar-refractivity contribution in [3.05, 3.63) is 80.2 Å². The van der Waals surface area contributed by atoms with Gasteiger partial charge in [0.1, 0.15) is 11.3 Å². The zero-order valence-corrected chi connectivity index (χ0v) is 26.1. The van der Waals surface area contributed by atoms with Crippen LogP contribution in [0.15, 0.2) is 69.1 Å². The molecule has 0 bridgehead atoms. The van der Waals surface area contributed by atoms with Gasteiger partial charge in [-0.05, 0) is 71.2 Å². The molecule has 2 N–H and O–H groups in total. The van der Waals surface area contributed by atoms with Crippen molar-refractivity contribution >= 4 is 73.1 Å². The Hall–Kier alpha value is -4.16. The summed E-state index contributed by atoms with van der Waals surface area (Å²) < 4.78 is 18.0. The largest absolute Gasteiger partial charge is 0.493 e. The van der Waals surface area contributed by atoms with Gasteiger partial charge in [-0.25, -0.2) is 9.69 Å². The van der Waals surface area contributed by atoms with Crippen LogP contribution in [0, 0.1) is 6.92 Å². The molecule has 1 aliphatic rings. The third-order valence-electron chi connectivity index (χ3n) is 6.07. The topological polar surface area (TPSA) is 123 Å². The van der Waals surface area contributed by atoms with Gasteiger partial charge in [0.05, 0.1) is 23.9 Å². The Kier molecular flexibility index (Phi) is 10.0. The number of nitrogens with one attached hydrogen (secondary N) is 2. The monoisotopic (exact) mass is 699 g/mol. The summed E-state index contributed by atoms with van der Waals surface area (Å²) >= 11 is 6.83. The first-order valence-electron chi connectivity index (χ1n) is 12.8. The van der Waals surface area contributed by atoms with Gasteiger partial charge in [-0.15, -0.1) is 0 Å². The van der Waals surface area contributed by atoms with E-state index in [1.165, 1.54) is 25.3 Å². The third kappa shape index (κ3) is 7.00. The number of halogens is 2. The molecule has 3 aromatic rings. The van der Waals surface area contributed by atoms with Gasteiger partial charge in [-0.1, -0.05) is 41.1 Å². The minimum absolute atomic E-state index is 0.177. The maximum absolute atomic E-state index is 13.6. The van der Waals surface area contributed by atoms with Crippen LogP contribution in [0.5, 0.6) is 17.2 Å². The molecule has 0 spiro atoms. The predicted octanol–water partition coefficient (Wildman–Crippen LogP) is 6.00. The van der Waals surface area contributed by atoms with Crippen molar-refractivity contribution in [3.63, 3.8) is 0 Å². The van der Waals surface area contributed by atoms with E-state index in [4.69, 9.17) is 14.2 Å². The van der Waals surface area contributed by atoms with E-state index in [0.29, 0.717) is 38.3 Å². The normalized spacial score (nSPS) is 14.1. The first-order chi connectivity index (χ1) is 20.1. The van der Waals surface area contributed by atoms with Crippen LogP contribution in [0.1, 0.15) is 24.5 Å². The maximum Gasteiger partial charge on any atom is 0.335 e. The van der Waals surface area contributed by atoms with Gasteiger partial charge in [-0.2, -0.15) is 0 Å². The average Bonchev–Trinajstić information content (AvgIpc) is 2.95. The molecule has 0 aliphatic carbocycles. The van der Waals surface area contributed by atoms with Gasteiger partial charge in [0, 0.05) is 21.8 Å². The van der Waals surface area contributed by atoms with E-state index in [1.807, 2.05) is 32.0 Å². The molecule has 3 aromatic carbocycles. The molecule has 1 aliphatic heterocycles. The molecule has 1 saturated heterocycles. The summed E-state index contributed by atoms with van der Waals surface area (Å²) in [6.07, 6.45) is 2.08. The van der Waals surface area contributed by atoms with Crippen molar-refractivity contribution in [2.75, 3.05) is 30.5 Å². The summed E-state index contributed by atoms with van der Waals surface area (Å²) in [4.78, 5) is 52.7. The molecule has 5 amide bonds. The quantitative estimate of drug-likeness (QED) is 0.196. The van der Waals surface area contributed by atoms with Crippen LogP contribution >= 0.6 is 31.9 Å². The Morgan fingerprint density at radius 1 is 1.02 bits per heavy atom. The van der Waals surface area contributed by atoms with Gasteiger partial charge in [0.2, 0.25) is 0 Å². The zero-order valence-electron chi connectivity index (χ0n) is 23.0. The number of para-hydroxylation sites is 1. The maximum atomic E-state index is 13.6. The SMILES string of the molecule is CCCOc1ccc(N2C(=O)NC(=O)/C(=C/c3cc(Br)cc(Br)c3OCC(=O)Nc3ccccc3C)C2=O)cc1OC. The molecule has 4 rings (SSSR count). The van der Waals surface area contributed by atoms with E-state index in [1.54, 1.807) is 24.3 Å². The Balaban J connectivity index is 1.63. The number of imide groups is 2. The molecule has 12 heteroatoms. The van der Waals surface area contributed by atoms with Crippen molar-refractivity contribution in [1.82, 2.24) is 5.32 Å². The number of amides is 5. The number of methoxy groups -OCH3 is 1. The number of benzene rings is 3. The number of hydrogen-bond acceptors (Lipinski definition) is 7. The number of carbonyl (C=O) groups excluding carboxylic acids is 4. The molecule has 0 unspecified atom stereocenters. The van der Waals surface area contributed by atoms with E-state index in [0.717, 1.165) is 16.9 Å². The molecule has 0 atom stereocenters. The molecular weight excluding hydrogens is 674 g/mol. The fraction of sp³-hybridized carbons (Fsp3) is 0.200. The van der Waals surface area contributed by atoms with E-state index in [-0.39, 0.29) is 23.6 Å². The van der Waals surface area contributed by atoms with Crippen LogP contribution < -0.4 is 29.7 Å². The third-order valence-corrected chi connectivity index (χ3v) is 7.12. The van der Waals surface area contributed by atoms with Crippen molar-refractivity contribution in [2.24, 2.45) is 0 Å². The Labute approximate surface area is 259 Å². The van der Waals surface area contributed by atoms with E-state index in [2.05, 4.69) is 42.5 Å². The summed E-state index contributed by atoms with van der Waals surface area (Å²) in [6.45, 7) is 3.95. The number of aryl methyl sites for hydroxylation is 1. The molecule has 1 fully saturated rings. The Bertz CT molecular complexity index is 1590. The van der Waals surface area contributed by atoms with Crippen LogP contribution in [0.4, 0.5) is 16.2 Å². The number of rotatable bonds is 10. The predicted molar refractivity (Wildman–Crippen MR) is 165 cm³/mol.